The average Bonchev–Trinajstić information content (AvgIpc) is 2.27. The molecule has 5 nitrogen and oxygen atoms in total. The molecule has 0 aliphatic heterocycles. The zero-order valence-corrected chi connectivity index (χ0v) is 12.6. The number of carbonyl (C=O) groups excluding carboxylic acids is 1. The number of benzene rings is 1. The normalized spacial score (nSPS) is 11.7. The summed E-state index contributed by atoms with van der Waals surface area (Å²) in [5.74, 6) is -1.07. The van der Waals surface area contributed by atoms with Crippen molar-refractivity contribution in [2.24, 2.45) is 0 Å². The number of carboxylic acids is 1. The van der Waals surface area contributed by atoms with Crippen LogP contribution in [0.5, 0.6) is 5.75 Å². The number of aliphatic carboxylic acids is 1. The first kappa shape index (κ1) is 15.0. The van der Waals surface area contributed by atoms with Crippen LogP contribution in [0.1, 0.15) is 6.92 Å². The molecule has 7 heteroatoms. The van der Waals surface area contributed by atoms with Crippen molar-refractivity contribution in [1.29, 1.82) is 0 Å². The Bertz CT molecular complexity index is 464. The summed E-state index contributed by atoms with van der Waals surface area (Å²) in [5.41, 5.74) is 0. The van der Waals surface area contributed by atoms with E-state index in [9.17, 15) is 9.59 Å². The summed E-state index contributed by atoms with van der Waals surface area (Å²) >= 11 is 6.59. The van der Waals surface area contributed by atoms with Gasteiger partial charge in [0.25, 0.3) is 5.91 Å². The number of halogens is 2. The first-order chi connectivity index (χ1) is 8.40. The van der Waals surface area contributed by atoms with Crippen LogP contribution in [0, 0.1) is 0 Å². The van der Waals surface area contributed by atoms with E-state index in [4.69, 9.17) is 9.84 Å². The number of amides is 1. The van der Waals surface area contributed by atoms with Crippen molar-refractivity contribution in [3.63, 3.8) is 0 Å². The largest absolute Gasteiger partial charge is 0.483 e. The number of carbonyl (C=O) groups is 2. The van der Waals surface area contributed by atoms with Crippen molar-refractivity contribution >= 4 is 43.7 Å². The molecule has 18 heavy (non-hydrogen) atoms. The fourth-order valence-corrected chi connectivity index (χ4v) is 2.24. The van der Waals surface area contributed by atoms with Gasteiger partial charge in [0.1, 0.15) is 11.8 Å². The highest BCUT2D eigenvalue weighted by molar-refractivity contribution is 9.11. The molecule has 2 N–H and O–H groups in total. The van der Waals surface area contributed by atoms with Crippen LogP contribution in [-0.2, 0) is 9.59 Å². The van der Waals surface area contributed by atoms with E-state index in [1.807, 2.05) is 0 Å². The average molecular weight is 381 g/mol. The molecule has 1 atom stereocenters. The molecule has 0 saturated carbocycles. The predicted molar refractivity (Wildman–Crippen MR) is 72.6 cm³/mol. The number of carboxylic acid groups (broad SMARTS) is 1. The topological polar surface area (TPSA) is 75.6 Å². The number of rotatable bonds is 5. The molecule has 1 aromatic carbocycles. The fourth-order valence-electron chi connectivity index (χ4n) is 1.08. The monoisotopic (exact) mass is 379 g/mol. The van der Waals surface area contributed by atoms with E-state index < -0.39 is 17.9 Å². The lowest BCUT2D eigenvalue weighted by atomic mass is 10.3. The third-order valence-corrected chi connectivity index (χ3v) is 3.11. The van der Waals surface area contributed by atoms with Gasteiger partial charge in [-0.3, -0.25) is 9.59 Å². The Morgan fingerprint density at radius 1 is 1.44 bits per heavy atom. The zero-order valence-electron chi connectivity index (χ0n) is 9.44. The highest BCUT2D eigenvalue weighted by atomic mass is 79.9. The number of hydrogen-bond acceptors (Lipinski definition) is 3. The van der Waals surface area contributed by atoms with Crippen LogP contribution >= 0.6 is 31.9 Å². The molecule has 0 radical (unpaired) electrons. The van der Waals surface area contributed by atoms with Crippen LogP contribution < -0.4 is 10.1 Å². The molecular formula is C11H11Br2NO4. The second-order valence-corrected chi connectivity index (χ2v) is 5.26. The van der Waals surface area contributed by atoms with Gasteiger partial charge in [0.05, 0.1) is 4.47 Å². The summed E-state index contributed by atoms with van der Waals surface area (Å²) in [6.07, 6.45) is 0. The minimum atomic E-state index is -1.09. The molecule has 98 valence electrons. The van der Waals surface area contributed by atoms with Gasteiger partial charge in [0, 0.05) is 4.47 Å². The van der Waals surface area contributed by atoms with Gasteiger partial charge < -0.3 is 15.2 Å². The van der Waals surface area contributed by atoms with Crippen LogP contribution in [0.4, 0.5) is 0 Å². The van der Waals surface area contributed by atoms with Crippen LogP contribution in [0.25, 0.3) is 0 Å². The second kappa shape index (κ2) is 6.75. The quantitative estimate of drug-likeness (QED) is 0.820. The van der Waals surface area contributed by atoms with Gasteiger partial charge in [0.2, 0.25) is 0 Å². The van der Waals surface area contributed by atoms with Crippen molar-refractivity contribution < 1.29 is 19.4 Å². The highest BCUT2D eigenvalue weighted by Gasteiger charge is 2.14. The van der Waals surface area contributed by atoms with E-state index in [1.165, 1.54) is 6.92 Å². The summed E-state index contributed by atoms with van der Waals surface area (Å²) in [6.45, 7) is 1.15. The summed E-state index contributed by atoms with van der Waals surface area (Å²) in [7, 11) is 0. The molecule has 0 aliphatic rings. The van der Waals surface area contributed by atoms with Crippen LogP contribution in [0.3, 0.4) is 0 Å². The minimum absolute atomic E-state index is 0.238. The Morgan fingerprint density at radius 3 is 2.67 bits per heavy atom. The smallest absolute Gasteiger partial charge is 0.325 e. The summed E-state index contributed by atoms with van der Waals surface area (Å²) in [5, 5.41) is 10.9. The van der Waals surface area contributed by atoms with E-state index >= 15 is 0 Å². The molecule has 1 aromatic rings. The van der Waals surface area contributed by atoms with Crippen molar-refractivity contribution in [2.45, 2.75) is 13.0 Å². The Balaban J connectivity index is 2.50. The van der Waals surface area contributed by atoms with Gasteiger partial charge in [-0.2, -0.15) is 0 Å². The van der Waals surface area contributed by atoms with Crippen molar-refractivity contribution in [3.8, 4) is 5.75 Å². The number of nitrogens with one attached hydrogen (secondary N) is 1. The van der Waals surface area contributed by atoms with E-state index in [0.29, 0.717) is 10.2 Å². The second-order valence-electron chi connectivity index (χ2n) is 3.49. The zero-order chi connectivity index (χ0) is 13.7. The maximum absolute atomic E-state index is 11.4. The van der Waals surface area contributed by atoms with E-state index in [-0.39, 0.29) is 6.61 Å². The summed E-state index contributed by atoms with van der Waals surface area (Å²) in [4.78, 5) is 21.9. The Morgan fingerprint density at radius 2 is 2.11 bits per heavy atom. The van der Waals surface area contributed by atoms with Crippen LogP contribution in [0.2, 0.25) is 0 Å². The molecule has 1 amide bonds. The molecule has 0 spiro atoms. The molecule has 1 rings (SSSR count). The molecule has 0 aliphatic carbocycles. The SMILES string of the molecule is CC(NC(=O)COc1ccc(Br)cc1Br)C(=O)O. The Hall–Kier alpha value is -1.08. The third kappa shape index (κ3) is 4.66. The number of hydrogen-bond donors (Lipinski definition) is 2. The van der Waals surface area contributed by atoms with E-state index in [1.54, 1.807) is 18.2 Å². The minimum Gasteiger partial charge on any atom is -0.483 e. The molecule has 0 aromatic heterocycles. The van der Waals surface area contributed by atoms with E-state index in [0.717, 1.165) is 4.47 Å². The maximum Gasteiger partial charge on any atom is 0.325 e. The number of ether oxygens (including phenoxy) is 1. The third-order valence-electron chi connectivity index (χ3n) is 2.00. The molecule has 1 unspecified atom stereocenters. The standard InChI is InChI=1S/C11H11Br2NO4/c1-6(11(16)17)14-10(15)5-18-9-3-2-7(12)4-8(9)13/h2-4,6H,5H2,1H3,(H,14,15)(H,16,17). The highest BCUT2D eigenvalue weighted by Crippen LogP contribution is 2.27. The van der Waals surface area contributed by atoms with Crippen LogP contribution in [0.15, 0.2) is 27.1 Å². The van der Waals surface area contributed by atoms with Gasteiger partial charge in [-0.1, -0.05) is 15.9 Å². The van der Waals surface area contributed by atoms with Gasteiger partial charge in [-0.15, -0.1) is 0 Å². The molecule has 0 fully saturated rings. The van der Waals surface area contributed by atoms with Gasteiger partial charge >= 0.3 is 5.97 Å². The molecule has 0 bridgehead atoms. The predicted octanol–water partition coefficient (Wildman–Crippen LogP) is 2.18. The molecular weight excluding hydrogens is 370 g/mol. The summed E-state index contributed by atoms with van der Waals surface area (Å²) < 4.78 is 6.85. The van der Waals surface area contributed by atoms with Crippen molar-refractivity contribution in [1.82, 2.24) is 5.32 Å². The van der Waals surface area contributed by atoms with Crippen molar-refractivity contribution in [3.05, 3.63) is 27.1 Å². The lowest BCUT2D eigenvalue weighted by Gasteiger charge is -2.11. The molecule has 0 heterocycles. The van der Waals surface area contributed by atoms with Gasteiger partial charge in [0.15, 0.2) is 6.61 Å². The molecule has 0 saturated heterocycles. The van der Waals surface area contributed by atoms with E-state index in [2.05, 4.69) is 37.2 Å². The first-order valence-corrected chi connectivity index (χ1v) is 6.58. The lowest BCUT2D eigenvalue weighted by molar-refractivity contribution is -0.141. The van der Waals surface area contributed by atoms with Gasteiger partial charge in [-0.05, 0) is 41.1 Å². The summed E-state index contributed by atoms with van der Waals surface area (Å²) in [6, 6.07) is 4.32. The first-order valence-electron chi connectivity index (χ1n) is 5.00. The Labute approximate surface area is 121 Å². The van der Waals surface area contributed by atoms with Crippen molar-refractivity contribution in [2.75, 3.05) is 6.61 Å². The van der Waals surface area contributed by atoms with Crippen LogP contribution in [-0.4, -0.2) is 29.6 Å². The van der Waals surface area contributed by atoms with Gasteiger partial charge in [-0.25, -0.2) is 0 Å². The fraction of sp³-hybridized carbons (Fsp3) is 0.273. The lowest BCUT2D eigenvalue weighted by Crippen LogP contribution is -2.40. The maximum atomic E-state index is 11.4. The Kier molecular flexibility index (Phi) is 5.61.